The van der Waals surface area contributed by atoms with Crippen LogP contribution >= 0.6 is 11.3 Å². The van der Waals surface area contributed by atoms with Gasteiger partial charge in [-0.15, -0.1) is 11.3 Å². The van der Waals surface area contributed by atoms with Gasteiger partial charge < -0.3 is 10.1 Å². The number of nitrogens with one attached hydrogen (secondary N) is 2. The van der Waals surface area contributed by atoms with Crippen LogP contribution in [-0.2, 0) is 20.9 Å². The molecule has 1 aromatic carbocycles. The molecule has 0 atom stereocenters. The van der Waals surface area contributed by atoms with Gasteiger partial charge >= 0.3 is 5.97 Å². The lowest BCUT2D eigenvalue weighted by molar-refractivity contribution is -0.119. The summed E-state index contributed by atoms with van der Waals surface area (Å²) in [7, 11) is 0. The standard InChI is InChI=1S/C16H17N3O4S/c1-10-9-24-16(18-10)19-14(21)8-23-15(22)13-5-3-12(4-6-13)7-17-11(2)20/h3-6,9H,7-8H2,1-2H3,(H,17,20)(H,18,19,21). The predicted octanol–water partition coefficient (Wildman–Crippen LogP) is 1.88. The van der Waals surface area contributed by atoms with Crippen LogP contribution in [-0.4, -0.2) is 29.4 Å². The third-order valence-electron chi connectivity index (χ3n) is 2.93. The summed E-state index contributed by atoms with van der Waals surface area (Å²) in [5.41, 5.74) is 2.00. The Labute approximate surface area is 143 Å². The molecule has 0 radical (unpaired) electrons. The summed E-state index contributed by atoms with van der Waals surface area (Å²) in [6, 6.07) is 6.60. The molecule has 126 valence electrons. The maximum atomic E-state index is 11.9. The lowest BCUT2D eigenvalue weighted by Crippen LogP contribution is -2.21. The van der Waals surface area contributed by atoms with Crippen LogP contribution in [0, 0.1) is 6.92 Å². The molecule has 24 heavy (non-hydrogen) atoms. The molecule has 0 saturated heterocycles. The van der Waals surface area contributed by atoms with Gasteiger partial charge in [0.1, 0.15) is 0 Å². The second-order valence-electron chi connectivity index (χ2n) is 5.03. The van der Waals surface area contributed by atoms with Crippen LogP contribution in [0.3, 0.4) is 0 Å². The predicted molar refractivity (Wildman–Crippen MR) is 89.7 cm³/mol. The lowest BCUT2D eigenvalue weighted by atomic mass is 10.1. The number of hydrogen-bond donors (Lipinski definition) is 2. The number of carbonyl (C=O) groups is 3. The van der Waals surface area contributed by atoms with Crippen molar-refractivity contribution in [3.8, 4) is 0 Å². The lowest BCUT2D eigenvalue weighted by Gasteiger charge is -2.06. The van der Waals surface area contributed by atoms with E-state index in [-0.39, 0.29) is 12.5 Å². The molecule has 0 aliphatic heterocycles. The highest BCUT2D eigenvalue weighted by atomic mass is 32.1. The van der Waals surface area contributed by atoms with E-state index >= 15 is 0 Å². The minimum atomic E-state index is -0.591. The Morgan fingerprint density at radius 2 is 1.92 bits per heavy atom. The largest absolute Gasteiger partial charge is 0.452 e. The SMILES string of the molecule is CC(=O)NCc1ccc(C(=O)OCC(=O)Nc2nc(C)cs2)cc1. The molecule has 2 aromatic rings. The van der Waals surface area contributed by atoms with Crippen molar-refractivity contribution in [2.45, 2.75) is 20.4 Å². The molecule has 1 aromatic heterocycles. The minimum Gasteiger partial charge on any atom is -0.452 e. The Bertz CT molecular complexity index is 740. The van der Waals surface area contributed by atoms with Gasteiger partial charge in [-0.25, -0.2) is 9.78 Å². The van der Waals surface area contributed by atoms with Crippen molar-refractivity contribution in [1.82, 2.24) is 10.3 Å². The highest BCUT2D eigenvalue weighted by Crippen LogP contribution is 2.14. The molecule has 0 spiro atoms. The van der Waals surface area contributed by atoms with E-state index in [1.165, 1.54) is 18.3 Å². The van der Waals surface area contributed by atoms with E-state index in [0.717, 1.165) is 11.3 Å². The van der Waals surface area contributed by atoms with Crippen molar-refractivity contribution in [2.24, 2.45) is 0 Å². The number of rotatable bonds is 6. The van der Waals surface area contributed by atoms with Gasteiger partial charge in [-0.3, -0.25) is 14.9 Å². The number of aryl methyl sites for hydroxylation is 1. The molecule has 0 aliphatic rings. The maximum absolute atomic E-state index is 11.9. The molecule has 0 saturated carbocycles. The molecule has 8 heteroatoms. The van der Waals surface area contributed by atoms with E-state index in [1.54, 1.807) is 24.3 Å². The molecule has 0 aliphatic carbocycles. The molecule has 0 fully saturated rings. The number of ether oxygens (including phenoxy) is 1. The highest BCUT2D eigenvalue weighted by molar-refractivity contribution is 7.13. The third kappa shape index (κ3) is 5.47. The van der Waals surface area contributed by atoms with Crippen molar-refractivity contribution in [3.63, 3.8) is 0 Å². The van der Waals surface area contributed by atoms with Crippen LogP contribution < -0.4 is 10.6 Å². The third-order valence-corrected chi connectivity index (χ3v) is 3.81. The zero-order chi connectivity index (χ0) is 17.5. The summed E-state index contributed by atoms with van der Waals surface area (Å²) < 4.78 is 4.96. The van der Waals surface area contributed by atoms with Gasteiger partial charge in [0.2, 0.25) is 5.91 Å². The van der Waals surface area contributed by atoms with Crippen molar-refractivity contribution in [2.75, 3.05) is 11.9 Å². The number of amides is 2. The number of esters is 1. The Kier molecular flexibility index (Phi) is 6.02. The summed E-state index contributed by atoms with van der Waals surface area (Å²) >= 11 is 1.30. The number of benzene rings is 1. The second-order valence-corrected chi connectivity index (χ2v) is 5.88. The topological polar surface area (TPSA) is 97.4 Å². The van der Waals surface area contributed by atoms with E-state index in [4.69, 9.17) is 4.74 Å². The number of aromatic nitrogens is 1. The molecule has 0 unspecified atom stereocenters. The molecule has 2 rings (SSSR count). The smallest absolute Gasteiger partial charge is 0.338 e. The molecule has 2 N–H and O–H groups in total. The van der Waals surface area contributed by atoms with E-state index < -0.39 is 11.9 Å². The molecule has 0 bridgehead atoms. The van der Waals surface area contributed by atoms with Crippen LogP contribution in [0.15, 0.2) is 29.6 Å². The quantitative estimate of drug-likeness (QED) is 0.778. The normalized spacial score (nSPS) is 10.1. The fraction of sp³-hybridized carbons (Fsp3) is 0.250. The zero-order valence-electron chi connectivity index (χ0n) is 13.3. The monoisotopic (exact) mass is 347 g/mol. The van der Waals surface area contributed by atoms with Gasteiger partial charge in [-0.1, -0.05) is 12.1 Å². The van der Waals surface area contributed by atoms with E-state index in [2.05, 4.69) is 15.6 Å². The van der Waals surface area contributed by atoms with Crippen molar-refractivity contribution in [3.05, 3.63) is 46.5 Å². The zero-order valence-corrected chi connectivity index (χ0v) is 14.1. The van der Waals surface area contributed by atoms with Crippen molar-refractivity contribution >= 4 is 34.3 Å². The number of anilines is 1. The summed E-state index contributed by atoms with van der Waals surface area (Å²) in [6.07, 6.45) is 0. The number of nitrogens with zero attached hydrogens (tertiary/aromatic N) is 1. The van der Waals surface area contributed by atoms with Crippen LogP contribution in [0.25, 0.3) is 0 Å². The van der Waals surface area contributed by atoms with Gasteiger partial charge in [0.15, 0.2) is 11.7 Å². The van der Waals surface area contributed by atoms with E-state index in [9.17, 15) is 14.4 Å². The van der Waals surface area contributed by atoms with Crippen molar-refractivity contribution in [1.29, 1.82) is 0 Å². The van der Waals surface area contributed by atoms with Crippen LogP contribution in [0.1, 0.15) is 28.5 Å². The Balaban J connectivity index is 1.81. The number of carbonyl (C=O) groups excluding carboxylic acids is 3. The summed E-state index contributed by atoms with van der Waals surface area (Å²) in [5, 5.41) is 7.50. The summed E-state index contributed by atoms with van der Waals surface area (Å²) in [6.45, 7) is 3.26. The molecule has 1 heterocycles. The fourth-order valence-electron chi connectivity index (χ4n) is 1.77. The molecule has 2 amide bonds. The van der Waals surface area contributed by atoms with Gasteiger partial charge in [-0.2, -0.15) is 0 Å². The minimum absolute atomic E-state index is 0.125. The first kappa shape index (κ1) is 17.6. The van der Waals surface area contributed by atoms with Crippen molar-refractivity contribution < 1.29 is 19.1 Å². The van der Waals surface area contributed by atoms with Crippen LogP contribution in [0.2, 0.25) is 0 Å². The Morgan fingerprint density at radius 1 is 1.21 bits per heavy atom. The van der Waals surface area contributed by atoms with E-state index in [1.807, 2.05) is 12.3 Å². The molecule has 7 nitrogen and oxygen atoms in total. The van der Waals surface area contributed by atoms with Gasteiger partial charge in [0, 0.05) is 18.8 Å². The summed E-state index contributed by atoms with van der Waals surface area (Å²) in [4.78, 5) is 38.5. The average Bonchev–Trinajstić information content (AvgIpc) is 2.96. The van der Waals surface area contributed by atoms with Gasteiger partial charge in [-0.05, 0) is 24.6 Å². The number of hydrogen-bond acceptors (Lipinski definition) is 6. The first-order valence-corrected chi connectivity index (χ1v) is 8.04. The first-order valence-electron chi connectivity index (χ1n) is 7.16. The molecular formula is C16H17N3O4S. The Morgan fingerprint density at radius 3 is 2.50 bits per heavy atom. The maximum Gasteiger partial charge on any atom is 0.338 e. The van der Waals surface area contributed by atoms with Crippen LogP contribution in [0.4, 0.5) is 5.13 Å². The number of thiazole rings is 1. The van der Waals surface area contributed by atoms with Gasteiger partial charge in [0.25, 0.3) is 5.91 Å². The van der Waals surface area contributed by atoms with Crippen LogP contribution in [0.5, 0.6) is 0 Å². The highest BCUT2D eigenvalue weighted by Gasteiger charge is 2.11. The Hall–Kier alpha value is -2.74. The fourth-order valence-corrected chi connectivity index (χ4v) is 2.47. The van der Waals surface area contributed by atoms with E-state index in [0.29, 0.717) is 17.2 Å². The first-order chi connectivity index (χ1) is 11.4. The average molecular weight is 347 g/mol. The summed E-state index contributed by atoms with van der Waals surface area (Å²) in [5.74, 6) is -1.16. The second kappa shape index (κ2) is 8.21. The molecular weight excluding hydrogens is 330 g/mol. The van der Waals surface area contributed by atoms with Gasteiger partial charge in [0.05, 0.1) is 11.3 Å².